The monoisotopic (exact) mass is 314 g/mol. The van der Waals surface area contributed by atoms with Crippen molar-refractivity contribution >= 4 is 11.6 Å². The van der Waals surface area contributed by atoms with Crippen molar-refractivity contribution < 1.29 is 19.3 Å². The number of halogens is 1. The Bertz CT molecular complexity index is 487. The number of rotatable bonds is 5. The molecule has 0 radical (unpaired) electrons. The Hall–Kier alpha value is -0.970. The van der Waals surface area contributed by atoms with Gasteiger partial charge in [0, 0.05) is 13.5 Å². The molecule has 1 aromatic rings. The highest BCUT2D eigenvalue weighted by Crippen LogP contribution is 2.40. The standard InChI is InChI=1S/C16H23ClO4/c1-16(2,19-3)6-5-13(18)11-9-12(17)15-14(10-11)20-7-4-8-21-15/h9-10,13,18H,4-8H2,1-3H3. The van der Waals surface area contributed by atoms with Gasteiger partial charge >= 0.3 is 0 Å². The van der Waals surface area contributed by atoms with Crippen LogP contribution in [-0.4, -0.2) is 31.0 Å². The predicted octanol–water partition coefficient (Wildman–Crippen LogP) is 3.74. The summed E-state index contributed by atoms with van der Waals surface area (Å²) in [4.78, 5) is 0. The SMILES string of the molecule is COC(C)(C)CCC(O)c1cc(Cl)c2c(c1)OCCCO2. The first-order valence-corrected chi connectivity index (χ1v) is 7.63. The summed E-state index contributed by atoms with van der Waals surface area (Å²) in [7, 11) is 1.68. The highest BCUT2D eigenvalue weighted by molar-refractivity contribution is 6.32. The maximum absolute atomic E-state index is 10.4. The molecule has 1 heterocycles. The number of hydrogen-bond acceptors (Lipinski definition) is 4. The molecule has 1 N–H and O–H groups in total. The molecule has 0 fully saturated rings. The van der Waals surface area contributed by atoms with E-state index in [0.717, 1.165) is 18.4 Å². The molecule has 0 saturated carbocycles. The van der Waals surface area contributed by atoms with Crippen LogP contribution in [0, 0.1) is 0 Å². The molecule has 2 rings (SSSR count). The van der Waals surface area contributed by atoms with E-state index in [1.54, 1.807) is 13.2 Å². The number of ether oxygens (including phenoxy) is 3. The van der Waals surface area contributed by atoms with Gasteiger partial charge in [-0.2, -0.15) is 0 Å². The maximum atomic E-state index is 10.4. The molecule has 1 aliphatic rings. The minimum absolute atomic E-state index is 0.254. The smallest absolute Gasteiger partial charge is 0.179 e. The van der Waals surface area contributed by atoms with Crippen LogP contribution in [0.2, 0.25) is 5.02 Å². The van der Waals surface area contributed by atoms with Crippen molar-refractivity contribution in [1.29, 1.82) is 0 Å². The summed E-state index contributed by atoms with van der Waals surface area (Å²) in [6.45, 7) is 5.19. The van der Waals surface area contributed by atoms with Gasteiger partial charge in [-0.15, -0.1) is 0 Å². The first kappa shape index (κ1) is 16.4. The van der Waals surface area contributed by atoms with Crippen LogP contribution in [0.4, 0.5) is 0 Å². The van der Waals surface area contributed by atoms with Gasteiger partial charge in [-0.3, -0.25) is 0 Å². The van der Waals surface area contributed by atoms with Gasteiger partial charge in [0.1, 0.15) is 0 Å². The topological polar surface area (TPSA) is 47.9 Å². The van der Waals surface area contributed by atoms with E-state index in [1.165, 1.54) is 0 Å². The van der Waals surface area contributed by atoms with Crippen molar-refractivity contribution in [1.82, 2.24) is 0 Å². The van der Waals surface area contributed by atoms with Crippen molar-refractivity contribution in [2.24, 2.45) is 0 Å². The average Bonchev–Trinajstić information content (AvgIpc) is 2.70. The zero-order valence-electron chi connectivity index (χ0n) is 12.8. The van der Waals surface area contributed by atoms with E-state index in [9.17, 15) is 5.11 Å². The van der Waals surface area contributed by atoms with Crippen LogP contribution in [0.15, 0.2) is 12.1 Å². The van der Waals surface area contributed by atoms with Crippen LogP contribution < -0.4 is 9.47 Å². The van der Waals surface area contributed by atoms with Gasteiger partial charge in [-0.05, 0) is 44.4 Å². The molecule has 0 bridgehead atoms. The van der Waals surface area contributed by atoms with Crippen LogP contribution in [0.1, 0.15) is 44.8 Å². The first-order chi connectivity index (χ1) is 9.93. The van der Waals surface area contributed by atoms with Crippen molar-refractivity contribution in [2.75, 3.05) is 20.3 Å². The van der Waals surface area contributed by atoms with E-state index >= 15 is 0 Å². The van der Waals surface area contributed by atoms with Crippen molar-refractivity contribution in [3.63, 3.8) is 0 Å². The molecule has 1 unspecified atom stereocenters. The summed E-state index contributed by atoms with van der Waals surface area (Å²) in [6.07, 6.45) is 1.56. The number of aliphatic hydroxyl groups excluding tert-OH is 1. The molecule has 5 heteroatoms. The minimum Gasteiger partial charge on any atom is -0.489 e. The number of aliphatic hydroxyl groups is 1. The fraction of sp³-hybridized carbons (Fsp3) is 0.625. The average molecular weight is 315 g/mol. The Morgan fingerprint density at radius 3 is 2.76 bits per heavy atom. The third-order valence-corrected chi connectivity index (χ3v) is 4.06. The molecule has 118 valence electrons. The summed E-state index contributed by atoms with van der Waals surface area (Å²) in [6, 6.07) is 3.57. The summed E-state index contributed by atoms with van der Waals surface area (Å²) in [5, 5.41) is 10.8. The van der Waals surface area contributed by atoms with Crippen LogP contribution in [0.5, 0.6) is 11.5 Å². The van der Waals surface area contributed by atoms with Gasteiger partial charge in [0.25, 0.3) is 0 Å². The third kappa shape index (κ3) is 4.25. The fourth-order valence-electron chi connectivity index (χ4n) is 2.20. The van der Waals surface area contributed by atoms with E-state index in [4.69, 9.17) is 25.8 Å². The van der Waals surface area contributed by atoms with Gasteiger partial charge in [0.2, 0.25) is 0 Å². The fourth-order valence-corrected chi connectivity index (χ4v) is 2.47. The lowest BCUT2D eigenvalue weighted by molar-refractivity contribution is 0.00277. The summed E-state index contributed by atoms with van der Waals surface area (Å²) < 4.78 is 16.6. The first-order valence-electron chi connectivity index (χ1n) is 7.25. The summed E-state index contributed by atoms with van der Waals surface area (Å²) in [5.74, 6) is 1.18. The van der Waals surface area contributed by atoms with E-state index in [1.807, 2.05) is 19.9 Å². The molecule has 21 heavy (non-hydrogen) atoms. The molecule has 0 aromatic heterocycles. The number of hydrogen-bond donors (Lipinski definition) is 1. The molecular formula is C16H23ClO4. The van der Waals surface area contributed by atoms with E-state index < -0.39 is 6.10 Å². The highest BCUT2D eigenvalue weighted by Gasteiger charge is 2.22. The number of methoxy groups -OCH3 is 1. The highest BCUT2D eigenvalue weighted by atomic mass is 35.5. The zero-order valence-corrected chi connectivity index (χ0v) is 13.6. The van der Waals surface area contributed by atoms with Crippen molar-refractivity contribution in [3.05, 3.63) is 22.7 Å². The second-order valence-corrected chi connectivity index (χ2v) is 6.31. The third-order valence-electron chi connectivity index (χ3n) is 3.78. The maximum Gasteiger partial charge on any atom is 0.179 e. The van der Waals surface area contributed by atoms with Gasteiger partial charge in [0.05, 0.1) is 29.9 Å². The molecule has 1 aromatic carbocycles. The van der Waals surface area contributed by atoms with Gasteiger partial charge < -0.3 is 19.3 Å². The van der Waals surface area contributed by atoms with Crippen molar-refractivity contribution in [2.45, 2.75) is 44.8 Å². The second-order valence-electron chi connectivity index (χ2n) is 5.90. The minimum atomic E-state index is -0.603. The molecular weight excluding hydrogens is 292 g/mol. The summed E-state index contributed by atoms with van der Waals surface area (Å²) >= 11 is 6.24. The largest absolute Gasteiger partial charge is 0.489 e. The Balaban J connectivity index is 2.13. The molecule has 0 saturated heterocycles. The zero-order chi connectivity index (χ0) is 15.5. The lowest BCUT2D eigenvalue weighted by Crippen LogP contribution is -2.23. The van der Waals surface area contributed by atoms with Gasteiger partial charge in [0.15, 0.2) is 11.5 Å². The Kier molecular flexibility index (Phi) is 5.36. The van der Waals surface area contributed by atoms with Crippen LogP contribution in [0.25, 0.3) is 0 Å². The Morgan fingerprint density at radius 1 is 1.33 bits per heavy atom. The van der Waals surface area contributed by atoms with Crippen LogP contribution in [0.3, 0.4) is 0 Å². The second kappa shape index (κ2) is 6.86. The van der Waals surface area contributed by atoms with E-state index in [-0.39, 0.29) is 5.60 Å². The molecule has 0 amide bonds. The lowest BCUT2D eigenvalue weighted by Gasteiger charge is -2.24. The quantitative estimate of drug-likeness (QED) is 0.899. The van der Waals surface area contributed by atoms with Crippen LogP contribution in [-0.2, 0) is 4.74 Å². The number of benzene rings is 1. The van der Waals surface area contributed by atoms with E-state index in [0.29, 0.717) is 36.2 Å². The predicted molar refractivity (Wildman–Crippen MR) is 82.3 cm³/mol. The van der Waals surface area contributed by atoms with E-state index in [2.05, 4.69) is 0 Å². The molecule has 1 atom stereocenters. The molecule has 0 aliphatic carbocycles. The van der Waals surface area contributed by atoms with Crippen LogP contribution >= 0.6 is 11.6 Å². The lowest BCUT2D eigenvalue weighted by atomic mass is 9.96. The normalized spacial score (nSPS) is 16.4. The Labute approximate surface area is 131 Å². The number of fused-ring (bicyclic) bond motifs is 1. The van der Waals surface area contributed by atoms with Gasteiger partial charge in [-0.25, -0.2) is 0 Å². The molecule has 1 aliphatic heterocycles. The van der Waals surface area contributed by atoms with Gasteiger partial charge in [-0.1, -0.05) is 11.6 Å². The molecule has 4 nitrogen and oxygen atoms in total. The van der Waals surface area contributed by atoms with Crippen molar-refractivity contribution in [3.8, 4) is 11.5 Å². The summed E-state index contributed by atoms with van der Waals surface area (Å²) in [5.41, 5.74) is 0.493. The Morgan fingerprint density at radius 2 is 2.05 bits per heavy atom. The molecule has 0 spiro atoms.